The van der Waals surface area contributed by atoms with E-state index in [-0.39, 0.29) is 23.7 Å². The number of hydrogen-bond acceptors (Lipinski definition) is 5. The molecular weight excluding hydrogens is 272 g/mol. The number of thiazole rings is 1. The van der Waals surface area contributed by atoms with Crippen molar-refractivity contribution in [3.05, 3.63) is 11.1 Å². The molecule has 0 aliphatic carbocycles. The highest BCUT2D eigenvalue weighted by Crippen LogP contribution is 2.31. The highest BCUT2D eigenvalue weighted by molar-refractivity contribution is 7.15. The lowest BCUT2D eigenvalue weighted by Crippen LogP contribution is -2.39. The number of carbonyl (C=O) groups excluding carboxylic acids is 1. The fourth-order valence-corrected chi connectivity index (χ4v) is 3.02. The Hall–Kier alpha value is -0.850. The number of rotatable bonds is 3. The Balaban J connectivity index is 0.00000162. The van der Waals surface area contributed by atoms with Gasteiger partial charge in [0.25, 0.3) is 0 Å². The van der Waals surface area contributed by atoms with Crippen LogP contribution in [0, 0.1) is 5.41 Å². The molecule has 0 bridgehead atoms. The molecule has 3 N–H and O–H groups in total. The Morgan fingerprint density at radius 2 is 2.44 bits per heavy atom. The fourth-order valence-electron chi connectivity index (χ4n) is 2.29. The summed E-state index contributed by atoms with van der Waals surface area (Å²) in [6.45, 7) is 4.60. The van der Waals surface area contributed by atoms with Gasteiger partial charge in [0.2, 0.25) is 5.91 Å². The van der Waals surface area contributed by atoms with E-state index in [2.05, 4.69) is 15.2 Å². The third kappa shape index (κ3) is 3.13. The minimum absolute atomic E-state index is 0. The summed E-state index contributed by atoms with van der Waals surface area (Å²) in [6.07, 6.45) is 2.72. The number of nitrogen functional groups attached to an aromatic ring is 1. The molecule has 0 spiro atoms. The smallest absolute Gasteiger partial charge is 0.227 e. The number of nitrogens with one attached hydrogen (secondary N) is 1. The largest absolute Gasteiger partial charge is 0.375 e. The van der Waals surface area contributed by atoms with Gasteiger partial charge in [-0.05, 0) is 19.9 Å². The molecule has 2 rings (SSSR count). The number of aromatic nitrogens is 1. The predicted octanol–water partition coefficient (Wildman–Crippen LogP) is 1.11. The number of halogens is 1. The summed E-state index contributed by atoms with van der Waals surface area (Å²) >= 11 is 1.51. The molecule has 102 valence electrons. The predicted molar refractivity (Wildman–Crippen MR) is 75.8 cm³/mol. The number of anilines is 1. The van der Waals surface area contributed by atoms with Gasteiger partial charge in [-0.2, -0.15) is 0 Å². The number of nitrogens with zero attached hydrogens (tertiary/aromatic N) is 2. The lowest BCUT2D eigenvalue weighted by molar-refractivity contribution is -0.129. The molecule has 1 aliphatic rings. The Bertz CT molecular complexity index is 425. The van der Waals surface area contributed by atoms with E-state index < -0.39 is 0 Å². The molecule has 0 aromatic carbocycles. The summed E-state index contributed by atoms with van der Waals surface area (Å²) in [5.74, 6) is 0.129. The normalized spacial score (nSPS) is 23.7. The van der Waals surface area contributed by atoms with Crippen molar-refractivity contribution in [1.82, 2.24) is 15.2 Å². The molecule has 0 radical (unpaired) electrons. The molecule has 1 saturated heterocycles. The van der Waals surface area contributed by atoms with E-state index in [1.165, 1.54) is 11.3 Å². The second-order valence-corrected chi connectivity index (χ2v) is 5.91. The molecule has 1 amide bonds. The van der Waals surface area contributed by atoms with Crippen molar-refractivity contribution in [1.29, 1.82) is 0 Å². The van der Waals surface area contributed by atoms with E-state index in [1.54, 1.807) is 7.05 Å². The van der Waals surface area contributed by atoms with Crippen LogP contribution >= 0.6 is 23.7 Å². The minimum atomic E-state index is -0.259. The second kappa shape index (κ2) is 5.86. The third-order valence-corrected chi connectivity index (χ3v) is 4.09. The average molecular weight is 291 g/mol. The van der Waals surface area contributed by atoms with E-state index in [0.717, 1.165) is 30.9 Å². The lowest BCUT2D eigenvalue weighted by atomic mass is 9.89. The highest BCUT2D eigenvalue weighted by Gasteiger charge is 2.39. The SMILES string of the molecule is CNC(=O)C1(C)CCN(Cc2cnc(N)s2)C1.Cl. The summed E-state index contributed by atoms with van der Waals surface area (Å²) in [6, 6.07) is 0. The zero-order chi connectivity index (χ0) is 12.5. The van der Waals surface area contributed by atoms with E-state index in [0.29, 0.717) is 5.13 Å². The van der Waals surface area contributed by atoms with Gasteiger partial charge in [-0.1, -0.05) is 0 Å². The Kier molecular flexibility index (Phi) is 4.95. The molecule has 5 nitrogen and oxygen atoms in total. The zero-order valence-electron chi connectivity index (χ0n) is 10.6. The van der Waals surface area contributed by atoms with Gasteiger partial charge in [0.15, 0.2) is 5.13 Å². The van der Waals surface area contributed by atoms with Crippen LogP contribution in [0.5, 0.6) is 0 Å². The van der Waals surface area contributed by atoms with Gasteiger partial charge in [-0.15, -0.1) is 23.7 Å². The van der Waals surface area contributed by atoms with Crippen molar-refractivity contribution in [2.45, 2.75) is 19.9 Å². The fraction of sp³-hybridized carbons (Fsp3) is 0.636. The standard InChI is InChI=1S/C11H18N4OS.ClH/c1-11(9(16)13-2)3-4-15(7-11)6-8-5-14-10(12)17-8;/h5H,3-4,6-7H2,1-2H3,(H2,12,14)(H,13,16);1H. The summed E-state index contributed by atoms with van der Waals surface area (Å²) in [7, 11) is 1.69. The molecule has 1 atom stereocenters. The van der Waals surface area contributed by atoms with Gasteiger partial charge < -0.3 is 11.1 Å². The van der Waals surface area contributed by atoms with Crippen LogP contribution in [0.1, 0.15) is 18.2 Å². The van der Waals surface area contributed by atoms with Crippen LogP contribution in [-0.4, -0.2) is 35.9 Å². The molecule has 1 fully saturated rings. The van der Waals surface area contributed by atoms with Crippen molar-refractivity contribution in [2.24, 2.45) is 5.41 Å². The van der Waals surface area contributed by atoms with E-state index in [9.17, 15) is 4.79 Å². The van der Waals surface area contributed by atoms with Crippen molar-refractivity contribution in [2.75, 3.05) is 25.9 Å². The third-order valence-electron chi connectivity index (χ3n) is 3.28. The quantitative estimate of drug-likeness (QED) is 0.875. The number of nitrogens with two attached hydrogens (primary N) is 1. The number of likely N-dealkylation sites (tertiary alicyclic amines) is 1. The summed E-state index contributed by atoms with van der Waals surface area (Å²) in [5.41, 5.74) is 5.34. The van der Waals surface area contributed by atoms with Gasteiger partial charge >= 0.3 is 0 Å². The first kappa shape index (κ1) is 15.2. The van der Waals surface area contributed by atoms with Crippen molar-refractivity contribution in [3.63, 3.8) is 0 Å². The topological polar surface area (TPSA) is 71.2 Å². The monoisotopic (exact) mass is 290 g/mol. The first-order valence-electron chi connectivity index (χ1n) is 5.68. The summed E-state index contributed by atoms with van der Waals surface area (Å²) < 4.78 is 0. The number of hydrogen-bond donors (Lipinski definition) is 2. The maximum atomic E-state index is 11.8. The molecule has 18 heavy (non-hydrogen) atoms. The highest BCUT2D eigenvalue weighted by atomic mass is 35.5. The second-order valence-electron chi connectivity index (χ2n) is 4.77. The average Bonchev–Trinajstić information content (AvgIpc) is 2.86. The van der Waals surface area contributed by atoms with E-state index in [1.807, 2.05) is 13.1 Å². The maximum absolute atomic E-state index is 11.8. The molecular formula is C11H19ClN4OS. The Morgan fingerprint density at radius 3 is 3.00 bits per heavy atom. The molecule has 7 heteroatoms. The van der Waals surface area contributed by atoms with Crippen molar-refractivity contribution in [3.8, 4) is 0 Å². The molecule has 1 aliphatic heterocycles. The van der Waals surface area contributed by atoms with Crippen molar-refractivity contribution < 1.29 is 4.79 Å². The lowest BCUT2D eigenvalue weighted by Gasteiger charge is -2.22. The Labute approximate surface area is 117 Å². The van der Waals surface area contributed by atoms with Gasteiger partial charge in [0, 0.05) is 31.2 Å². The van der Waals surface area contributed by atoms with Crippen molar-refractivity contribution >= 4 is 34.8 Å². The first-order valence-corrected chi connectivity index (χ1v) is 6.50. The van der Waals surface area contributed by atoms with Gasteiger partial charge in [-0.3, -0.25) is 9.69 Å². The van der Waals surface area contributed by atoms with Crippen LogP contribution in [0.2, 0.25) is 0 Å². The van der Waals surface area contributed by atoms with Crippen LogP contribution in [0.3, 0.4) is 0 Å². The molecule has 0 saturated carbocycles. The maximum Gasteiger partial charge on any atom is 0.227 e. The van der Waals surface area contributed by atoms with Crippen LogP contribution in [0.15, 0.2) is 6.20 Å². The van der Waals surface area contributed by atoms with Gasteiger partial charge in [-0.25, -0.2) is 4.98 Å². The first-order chi connectivity index (χ1) is 8.03. The molecule has 1 aromatic heterocycles. The number of amides is 1. The van der Waals surface area contributed by atoms with Crippen LogP contribution < -0.4 is 11.1 Å². The van der Waals surface area contributed by atoms with Crippen LogP contribution in [0.4, 0.5) is 5.13 Å². The van der Waals surface area contributed by atoms with Crippen LogP contribution in [0.25, 0.3) is 0 Å². The molecule has 1 aromatic rings. The number of carbonyl (C=O) groups is 1. The van der Waals surface area contributed by atoms with E-state index >= 15 is 0 Å². The zero-order valence-corrected chi connectivity index (χ0v) is 12.2. The van der Waals surface area contributed by atoms with E-state index in [4.69, 9.17) is 5.73 Å². The Morgan fingerprint density at radius 1 is 1.72 bits per heavy atom. The van der Waals surface area contributed by atoms with Crippen LogP contribution in [-0.2, 0) is 11.3 Å². The molecule has 1 unspecified atom stereocenters. The minimum Gasteiger partial charge on any atom is -0.375 e. The molecule has 2 heterocycles. The summed E-state index contributed by atoms with van der Waals surface area (Å²) in [4.78, 5) is 19.2. The van der Waals surface area contributed by atoms with Gasteiger partial charge in [0.1, 0.15) is 0 Å². The van der Waals surface area contributed by atoms with Gasteiger partial charge in [0.05, 0.1) is 5.41 Å². The summed E-state index contributed by atoms with van der Waals surface area (Å²) in [5, 5.41) is 3.35.